The molecule has 0 radical (unpaired) electrons. The fourth-order valence-corrected chi connectivity index (χ4v) is 1.81. The van der Waals surface area contributed by atoms with Gasteiger partial charge in [0.05, 0.1) is 6.61 Å². The third-order valence-corrected chi connectivity index (χ3v) is 2.83. The number of benzene rings is 1. The molecule has 2 rings (SSSR count). The Labute approximate surface area is 111 Å². The first kappa shape index (κ1) is 13.1. The monoisotopic (exact) mass is 260 g/mol. The molecule has 0 fully saturated rings. The Balaban J connectivity index is 1.90. The number of nitrogens with one attached hydrogen (secondary N) is 1. The van der Waals surface area contributed by atoms with Gasteiger partial charge in [-0.05, 0) is 24.1 Å². The summed E-state index contributed by atoms with van der Waals surface area (Å²) in [6.07, 6.45) is 1.52. The summed E-state index contributed by atoms with van der Waals surface area (Å²) in [5.74, 6) is -0.150. The number of aryl methyl sites for hydroxylation is 1. The van der Waals surface area contributed by atoms with E-state index in [0.29, 0.717) is 13.0 Å². The van der Waals surface area contributed by atoms with E-state index < -0.39 is 5.97 Å². The van der Waals surface area contributed by atoms with Gasteiger partial charge in [-0.25, -0.2) is 4.79 Å². The van der Waals surface area contributed by atoms with Crippen molar-refractivity contribution in [3.63, 3.8) is 0 Å². The minimum atomic E-state index is -1.03. The van der Waals surface area contributed by atoms with Crippen LogP contribution in [0.3, 0.4) is 0 Å². The van der Waals surface area contributed by atoms with Crippen LogP contribution in [-0.4, -0.2) is 27.9 Å². The molecule has 100 valence electrons. The molecule has 0 aliphatic heterocycles. The molecule has 19 heavy (non-hydrogen) atoms. The molecule has 0 aliphatic carbocycles. The Morgan fingerprint density at radius 2 is 2.21 bits per heavy atom. The molecular weight excluding hydrogens is 244 g/mol. The van der Waals surface area contributed by atoms with Gasteiger partial charge in [0.25, 0.3) is 0 Å². The Morgan fingerprint density at radius 3 is 2.89 bits per heavy atom. The van der Waals surface area contributed by atoms with E-state index in [2.05, 4.69) is 17.1 Å². The number of hydrogen-bond donors (Lipinski definition) is 2. The Hall–Kier alpha value is -2.30. The van der Waals surface area contributed by atoms with Crippen molar-refractivity contribution in [2.45, 2.75) is 19.8 Å². The summed E-state index contributed by atoms with van der Waals surface area (Å²) in [4.78, 5) is 10.7. The maximum atomic E-state index is 10.7. The Bertz CT molecular complexity index is 563. The van der Waals surface area contributed by atoms with Crippen LogP contribution >= 0.6 is 0 Å². The van der Waals surface area contributed by atoms with E-state index in [1.165, 1.54) is 11.6 Å². The molecule has 0 bridgehead atoms. The third kappa shape index (κ3) is 3.34. The largest absolute Gasteiger partial charge is 0.493 e. The van der Waals surface area contributed by atoms with Gasteiger partial charge in [0.15, 0.2) is 5.69 Å². The zero-order valence-electron chi connectivity index (χ0n) is 10.7. The van der Waals surface area contributed by atoms with Crippen LogP contribution in [0.25, 0.3) is 0 Å². The molecule has 5 nitrogen and oxygen atoms in total. The maximum absolute atomic E-state index is 10.7. The molecule has 5 heteroatoms. The van der Waals surface area contributed by atoms with Crippen LogP contribution in [0.2, 0.25) is 0 Å². The number of aromatic carboxylic acids is 1. The summed E-state index contributed by atoms with van der Waals surface area (Å²) < 4.78 is 5.71. The summed E-state index contributed by atoms with van der Waals surface area (Å²) in [7, 11) is 0. The van der Waals surface area contributed by atoms with Crippen molar-refractivity contribution in [1.82, 2.24) is 10.2 Å². The van der Waals surface area contributed by atoms with Crippen molar-refractivity contribution in [1.29, 1.82) is 0 Å². The first-order valence-corrected chi connectivity index (χ1v) is 6.19. The molecule has 0 unspecified atom stereocenters. The summed E-state index contributed by atoms with van der Waals surface area (Å²) in [6.45, 7) is 2.56. The molecule has 0 atom stereocenters. The first-order chi connectivity index (χ1) is 9.20. The van der Waals surface area contributed by atoms with Crippen molar-refractivity contribution in [2.75, 3.05) is 6.61 Å². The quantitative estimate of drug-likeness (QED) is 0.835. The molecule has 1 heterocycles. The van der Waals surface area contributed by atoms with Gasteiger partial charge >= 0.3 is 5.97 Å². The van der Waals surface area contributed by atoms with Crippen molar-refractivity contribution >= 4 is 5.97 Å². The van der Waals surface area contributed by atoms with Gasteiger partial charge in [-0.2, -0.15) is 5.10 Å². The van der Waals surface area contributed by atoms with Crippen LogP contribution in [0.1, 0.15) is 28.7 Å². The van der Waals surface area contributed by atoms with E-state index >= 15 is 0 Å². The number of aromatic amines is 1. The van der Waals surface area contributed by atoms with Gasteiger partial charge in [0.2, 0.25) is 0 Å². The maximum Gasteiger partial charge on any atom is 0.356 e. The zero-order chi connectivity index (χ0) is 13.7. The zero-order valence-corrected chi connectivity index (χ0v) is 10.7. The minimum Gasteiger partial charge on any atom is -0.493 e. The predicted molar refractivity (Wildman–Crippen MR) is 70.6 cm³/mol. The molecular formula is C14H16N2O3. The number of H-pyrrole nitrogens is 1. The fraction of sp³-hybridized carbons (Fsp3) is 0.286. The summed E-state index contributed by atoms with van der Waals surface area (Å²) in [5.41, 5.74) is 1.95. The van der Waals surface area contributed by atoms with Crippen molar-refractivity contribution < 1.29 is 14.6 Å². The average Bonchev–Trinajstić information content (AvgIpc) is 2.88. The van der Waals surface area contributed by atoms with E-state index in [1.54, 1.807) is 0 Å². The number of para-hydroxylation sites is 1. The molecule has 2 aromatic rings. The lowest BCUT2D eigenvalue weighted by atomic mass is 10.1. The normalized spacial score (nSPS) is 10.4. The SMILES string of the molecule is CCc1ccccc1OCCc1cc(C(=O)O)n[nH]1. The lowest BCUT2D eigenvalue weighted by Crippen LogP contribution is -2.03. The van der Waals surface area contributed by atoms with Crippen LogP contribution in [0.5, 0.6) is 5.75 Å². The Kier molecular flexibility index (Phi) is 4.18. The second-order valence-corrected chi connectivity index (χ2v) is 4.14. The molecule has 0 saturated heterocycles. The van der Waals surface area contributed by atoms with Crippen LogP contribution in [-0.2, 0) is 12.8 Å². The second kappa shape index (κ2) is 6.04. The number of ether oxygens (including phenoxy) is 1. The number of aromatic nitrogens is 2. The molecule has 2 N–H and O–H groups in total. The first-order valence-electron chi connectivity index (χ1n) is 6.19. The van der Waals surface area contributed by atoms with Gasteiger partial charge < -0.3 is 9.84 Å². The average molecular weight is 260 g/mol. The topological polar surface area (TPSA) is 75.2 Å². The number of hydrogen-bond acceptors (Lipinski definition) is 3. The minimum absolute atomic E-state index is 0.0314. The second-order valence-electron chi connectivity index (χ2n) is 4.14. The number of rotatable bonds is 6. The van der Waals surface area contributed by atoms with Crippen molar-refractivity contribution in [3.8, 4) is 5.75 Å². The highest BCUT2D eigenvalue weighted by atomic mass is 16.5. The third-order valence-electron chi connectivity index (χ3n) is 2.83. The number of carbonyl (C=O) groups is 1. The van der Waals surface area contributed by atoms with E-state index in [1.807, 2.05) is 24.3 Å². The summed E-state index contributed by atoms with van der Waals surface area (Å²) in [6, 6.07) is 9.42. The predicted octanol–water partition coefficient (Wildman–Crippen LogP) is 2.29. The van der Waals surface area contributed by atoms with E-state index in [0.717, 1.165) is 17.9 Å². The van der Waals surface area contributed by atoms with Crippen molar-refractivity contribution in [2.24, 2.45) is 0 Å². The van der Waals surface area contributed by atoms with Crippen molar-refractivity contribution in [3.05, 3.63) is 47.3 Å². The van der Waals surface area contributed by atoms with Gasteiger partial charge in [0.1, 0.15) is 5.75 Å². The van der Waals surface area contributed by atoms with Gasteiger partial charge in [-0.1, -0.05) is 25.1 Å². The molecule has 0 saturated carbocycles. The highest BCUT2D eigenvalue weighted by Crippen LogP contribution is 2.18. The van der Waals surface area contributed by atoms with Gasteiger partial charge in [-0.3, -0.25) is 5.10 Å². The molecule has 0 amide bonds. The Morgan fingerprint density at radius 1 is 1.42 bits per heavy atom. The highest BCUT2D eigenvalue weighted by molar-refractivity contribution is 5.85. The van der Waals surface area contributed by atoms with Crippen LogP contribution < -0.4 is 4.74 Å². The smallest absolute Gasteiger partial charge is 0.356 e. The summed E-state index contributed by atoms with van der Waals surface area (Å²) in [5, 5.41) is 15.1. The molecule has 1 aromatic carbocycles. The number of nitrogens with zero attached hydrogens (tertiary/aromatic N) is 1. The fourth-order valence-electron chi connectivity index (χ4n) is 1.81. The number of carboxylic acid groups (broad SMARTS) is 1. The van der Waals surface area contributed by atoms with Crippen LogP contribution in [0.4, 0.5) is 0 Å². The van der Waals surface area contributed by atoms with Gasteiger partial charge in [0, 0.05) is 12.1 Å². The van der Waals surface area contributed by atoms with E-state index in [9.17, 15) is 4.79 Å². The van der Waals surface area contributed by atoms with Crippen LogP contribution in [0, 0.1) is 0 Å². The number of carboxylic acids is 1. The summed E-state index contributed by atoms with van der Waals surface area (Å²) >= 11 is 0. The van der Waals surface area contributed by atoms with E-state index in [-0.39, 0.29) is 5.69 Å². The highest BCUT2D eigenvalue weighted by Gasteiger charge is 2.08. The standard InChI is InChI=1S/C14H16N2O3/c1-2-10-5-3-4-6-13(10)19-8-7-11-9-12(14(17)18)16-15-11/h3-6,9H,2,7-8H2,1H3,(H,15,16)(H,17,18). The van der Waals surface area contributed by atoms with E-state index in [4.69, 9.17) is 9.84 Å². The lowest BCUT2D eigenvalue weighted by molar-refractivity contribution is 0.0690. The molecule has 0 aliphatic rings. The van der Waals surface area contributed by atoms with Gasteiger partial charge in [-0.15, -0.1) is 0 Å². The van der Waals surface area contributed by atoms with Crippen LogP contribution in [0.15, 0.2) is 30.3 Å². The lowest BCUT2D eigenvalue weighted by Gasteiger charge is -2.09. The molecule has 1 aromatic heterocycles. The molecule has 0 spiro atoms.